The Kier molecular flexibility index (Phi) is 4.72. The SMILES string of the molecule is CNC1=N[C@@]2(CCCc3ccc(-c4cccc(OC(F)(F)F)c4)cc32)CC(=O)N1. The van der Waals surface area contributed by atoms with E-state index in [0.717, 1.165) is 36.0 Å². The van der Waals surface area contributed by atoms with Crippen molar-refractivity contribution in [1.29, 1.82) is 0 Å². The molecule has 5 nitrogen and oxygen atoms in total. The number of alkyl halides is 3. The van der Waals surface area contributed by atoms with Gasteiger partial charge in [-0.05, 0) is 59.7 Å². The molecule has 1 aliphatic carbocycles. The van der Waals surface area contributed by atoms with Crippen LogP contribution in [0.4, 0.5) is 13.2 Å². The standard InChI is InChI=1S/C21H20F3N3O2/c1-25-19-26-18(28)12-20(27-19)9-3-5-13-7-8-15(11-17(13)20)14-4-2-6-16(10-14)29-21(22,23)24/h2,4,6-8,10-11H,3,5,9,12H2,1H3,(H2,25,26,27,28)/t20-/m0/s1. The van der Waals surface area contributed by atoms with Crippen molar-refractivity contribution in [2.75, 3.05) is 7.05 Å². The average molecular weight is 403 g/mol. The minimum atomic E-state index is -4.74. The topological polar surface area (TPSA) is 62.7 Å². The number of aryl methyl sites for hydroxylation is 1. The van der Waals surface area contributed by atoms with Crippen molar-refractivity contribution in [3.63, 3.8) is 0 Å². The average Bonchev–Trinajstić information content (AvgIpc) is 2.66. The van der Waals surface area contributed by atoms with E-state index in [2.05, 4.69) is 15.4 Å². The summed E-state index contributed by atoms with van der Waals surface area (Å²) in [5.74, 6) is 0.0539. The van der Waals surface area contributed by atoms with E-state index in [0.29, 0.717) is 11.5 Å². The number of ether oxygens (including phenoxy) is 1. The van der Waals surface area contributed by atoms with Gasteiger partial charge in [-0.25, -0.2) is 4.99 Å². The zero-order valence-corrected chi connectivity index (χ0v) is 15.8. The molecule has 0 radical (unpaired) electrons. The molecule has 0 unspecified atom stereocenters. The van der Waals surface area contributed by atoms with Crippen LogP contribution in [0.25, 0.3) is 11.1 Å². The number of rotatable bonds is 2. The van der Waals surface area contributed by atoms with Crippen molar-refractivity contribution in [2.45, 2.75) is 37.6 Å². The number of nitrogens with zero attached hydrogens (tertiary/aromatic N) is 1. The van der Waals surface area contributed by atoms with E-state index in [1.165, 1.54) is 18.2 Å². The molecular weight excluding hydrogens is 383 g/mol. The van der Waals surface area contributed by atoms with Gasteiger partial charge < -0.3 is 10.1 Å². The number of hydrogen-bond acceptors (Lipinski definition) is 4. The van der Waals surface area contributed by atoms with Gasteiger partial charge in [-0.1, -0.05) is 24.3 Å². The molecule has 8 heteroatoms. The first-order valence-corrected chi connectivity index (χ1v) is 9.35. The summed E-state index contributed by atoms with van der Waals surface area (Å²) in [4.78, 5) is 17.1. The second kappa shape index (κ2) is 7.09. The highest BCUT2D eigenvalue weighted by atomic mass is 19.4. The smallest absolute Gasteiger partial charge is 0.406 e. The predicted octanol–water partition coefficient (Wildman–Crippen LogP) is 3.88. The normalized spacial score (nSPS) is 21.2. The summed E-state index contributed by atoms with van der Waals surface area (Å²) in [5.41, 5.74) is 2.76. The van der Waals surface area contributed by atoms with E-state index >= 15 is 0 Å². The molecule has 29 heavy (non-hydrogen) atoms. The molecule has 1 aliphatic heterocycles. The number of nitrogens with one attached hydrogen (secondary N) is 2. The first kappa shape index (κ1) is 19.3. The fourth-order valence-corrected chi connectivity index (χ4v) is 4.13. The lowest BCUT2D eigenvalue weighted by molar-refractivity contribution is -0.274. The molecule has 2 aromatic rings. The Hall–Kier alpha value is -3.03. The number of fused-ring (bicyclic) bond motifs is 2. The maximum Gasteiger partial charge on any atom is 0.573 e. The van der Waals surface area contributed by atoms with Crippen LogP contribution >= 0.6 is 0 Å². The van der Waals surface area contributed by atoms with Crippen molar-refractivity contribution >= 4 is 11.9 Å². The first-order valence-electron chi connectivity index (χ1n) is 9.35. The Labute approximate surface area is 166 Å². The van der Waals surface area contributed by atoms with Crippen LogP contribution in [0.2, 0.25) is 0 Å². The van der Waals surface area contributed by atoms with Crippen molar-refractivity contribution in [1.82, 2.24) is 10.6 Å². The molecule has 1 amide bonds. The number of carbonyl (C=O) groups excluding carboxylic acids is 1. The Balaban J connectivity index is 1.77. The van der Waals surface area contributed by atoms with Crippen LogP contribution in [0.5, 0.6) is 5.75 Å². The van der Waals surface area contributed by atoms with Gasteiger partial charge in [0.15, 0.2) is 5.96 Å². The fraction of sp³-hybridized carbons (Fsp3) is 0.333. The van der Waals surface area contributed by atoms with Gasteiger partial charge in [0.05, 0.1) is 12.0 Å². The highest BCUT2D eigenvalue weighted by molar-refractivity contribution is 5.99. The summed E-state index contributed by atoms with van der Waals surface area (Å²) in [6, 6.07) is 11.7. The van der Waals surface area contributed by atoms with E-state index in [1.54, 1.807) is 13.1 Å². The highest BCUT2D eigenvalue weighted by Gasteiger charge is 2.41. The number of benzene rings is 2. The minimum absolute atomic E-state index is 0.108. The van der Waals surface area contributed by atoms with Crippen LogP contribution in [0.3, 0.4) is 0 Å². The van der Waals surface area contributed by atoms with Gasteiger partial charge in [-0.2, -0.15) is 0 Å². The molecule has 2 aliphatic rings. The molecule has 1 atom stereocenters. The van der Waals surface area contributed by atoms with Crippen LogP contribution in [0.1, 0.15) is 30.4 Å². The minimum Gasteiger partial charge on any atom is -0.406 e. The Morgan fingerprint density at radius 3 is 2.72 bits per heavy atom. The third-order valence-corrected chi connectivity index (χ3v) is 5.32. The van der Waals surface area contributed by atoms with Gasteiger partial charge in [-0.15, -0.1) is 13.2 Å². The zero-order chi connectivity index (χ0) is 20.6. The third-order valence-electron chi connectivity index (χ3n) is 5.32. The van der Waals surface area contributed by atoms with Gasteiger partial charge >= 0.3 is 6.36 Å². The molecule has 0 saturated carbocycles. The lowest BCUT2D eigenvalue weighted by Gasteiger charge is -2.38. The molecule has 0 bridgehead atoms. The molecule has 0 fully saturated rings. The largest absolute Gasteiger partial charge is 0.573 e. The summed E-state index contributed by atoms with van der Waals surface area (Å²) in [6.07, 6.45) is -1.98. The maximum atomic E-state index is 12.6. The number of carbonyl (C=O) groups is 1. The number of amides is 1. The van der Waals surface area contributed by atoms with Crippen LogP contribution in [0.15, 0.2) is 47.5 Å². The second-order valence-corrected chi connectivity index (χ2v) is 7.27. The van der Waals surface area contributed by atoms with Gasteiger partial charge in [-0.3, -0.25) is 10.1 Å². The lowest BCUT2D eigenvalue weighted by atomic mass is 9.73. The van der Waals surface area contributed by atoms with Crippen LogP contribution in [-0.4, -0.2) is 25.3 Å². The highest BCUT2D eigenvalue weighted by Crippen LogP contribution is 2.44. The number of hydrogen-bond donors (Lipinski definition) is 2. The predicted molar refractivity (Wildman–Crippen MR) is 102 cm³/mol. The van der Waals surface area contributed by atoms with Gasteiger partial charge in [0.1, 0.15) is 5.75 Å². The summed E-state index contributed by atoms with van der Waals surface area (Å²) in [5, 5.41) is 5.63. The third kappa shape index (κ3) is 3.92. The van der Waals surface area contributed by atoms with E-state index in [4.69, 9.17) is 4.99 Å². The van der Waals surface area contributed by atoms with E-state index in [9.17, 15) is 18.0 Å². The molecule has 0 saturated heterocycles. The number of guanidine groups is 1. The molecule has 1 heterocycles. The van der Waals surface area contributed by atoms with Crippen LogP contribution in [0, 0.1) is 0 Å². The molecule has 1 spiro atoms. The molecule has 2 aromatic carbocycles. The van der Waals surface area contributed by atoms with E-state index in [-0.39, 0.29) is 18.1 Å². The maximum absolute atomic E-state index is 12.6. The Morgan fingerprint density at radius 1 is 1.17 bits per heavy atom. The van der Waals surface area contributed by atoms with Gasteiger partial charge in [0, 0.05) is 7.05 Å². The van der Waals surface area contributed by atoms with Crippen LogP contribution in [-0.2, 0) is 16.8 Å². The van der Waals surface area contributed by atoms with E-state index < -0.39 is 11.9 Å². The molecular formula is C21H20F3N3O2. The molecule has 2 N–H and O–H groups in total. The van der Waals surface area contributed by atoms with Crippen molar-refractivity contribution in [3.8, 4) is 16.9 Å². The van der Waals surface area contributed by atoms with E-state index in [1.807, 2.05) is 18.2 Å². The fourth-order valence-electron chi connectivity index (χ4n) is 4.13. The van der Waals surface area contributed by atoms with Gasteiger partial charge in [0.2, 0.25) is 5.91 Å². The zero-order valence-electron chi connectivity index (χ0n) is 15.8. The lowest BCUT2D eigenvalue weighted by Crippen LogP contribution is -2.49. The quantitative estimate of drug-likeness (QED) is 0.800. The van der Waals surface area contributed by atoms with Crippen molar-refractivity contribution < 1.29 is 22.7 Å². The summed E-state index contributed by atoms with van der Waals surface area (Å²) < 4.78 is 41.7. The molecule has 4 rings (SSSR count). The summed E-state index contributed by atoms with van der Waals surface area (Å²) >= 11 is 0. The summed E-state index contributed by atoms with van der Waals surface area (Å²) in [7, 11) is 1.70. The Bertz CT molecular complexity index is 987. The molecule has 152 valence electrons. The molecule has 0 aromatic heterocycles. The first-order chi connectivity index (χ1) is 13.8. The van der Waals surface area contributed by atoms with Gasteiger partial charge in [0.25, 0.3) is 0 Å². The van der Waals surface area contributed by atoms with Crippen molar-refractivity contribution in [3.05, 3.63) is 53.6 Å². The Morgan fingerprint density at radius 2 is 1.97 bits per heavy atom. The number of aliphatic imine (C=N–C) groups is 1. The van der Waals surface area contributed by atoms with Crippen molar-refractivity contribution in [2.24, 2.45) is 4.99 Å². The summed E-state index contributed by atoms with van der Waals surface area (Å²) in [6.45, 7) is 0. The monoisotopic (exact) mass is 403 g/mol. The van der Waals surface area contributed by atoms with Crippen LogP contribution < -0.4 is 15.4 Å². The number of halogens is 3. The second-order valence-electron chi connectivity index (χ2n) is 7.27.